The van der Waals surface area contributed by atoms with Gasteiger partial charge in [0.15, 0.2) is 0 Å². The van der Waals surface area contributed by atoms with Crippen molar-refractivity contribution in [3.63, 3.8) is 0 Å². The summed E-state index contributed by atoms with van der Waals surface area (Å²) in [5.74, 6) is 1.72. The fraction of sp³-hybridized carbons (Fsp3) is 0.130. The first kappa shape index (κ1) is 21.2. The highest BCUT2D eigenvalue weighted by Crippen LogP contribution is 2.31. The number of aromatic nitrogens is 3. The molecule has 0 aliphatic carbocycles. The average Bonchev–Trinajstić information content (AvgIpc) is 3.20. The highest BCUT2D eigenvalue weighted by Gasteiger charge is 2.29. The topological polar surface area (TPSA) is 64.0 Å². The summed E-state index contributed by atoms with van der Waals surface area (Å²) in [6.45, 7) is 1.91. The van der Waals surface area contributed by atoms with Crippen molar-refractivity contribution in [2.75, 3.05) is 17.7 Å². The second kappa shape index (κ2) is 8.62. The molecule has 2 aromatic carbocycles. The van der Waals surface area contributed by atoms with E-state index in [0.717, 1.165) is 29.2 Å². The molecule has 0 aliphatic rings. The molecule has 2 aromatic heterocycles. The molecule has 6 nitrogen and oxygen atoms in total. The maximum absolute atomic E-state index is 12.7. The number of hydrogen-bond acceptors (Lipinski definition) is 5. The number of halogens is 3. The minimum atomic E-state index is -4.37. The SMILES string of the molecule is COc1cc(Nc2cccc(Nc3ccc(C(F)(F)F)cc3)n2)ccc1-n1cnc(C)c1. The van der Waals surface area contributed by atoms with Gasteiger partial charge in [0.05, 0.1) is 30.4 Å². The van der Waals surface area contributed by atoms with E-state index in [2.05, 4.69) is 20.6 Å². The second-order valence-electron chi connectivity index (χ2n) is 7.04. The fourth-order valence-electron chi connectivity index (χ4n) is 3.13. The lowest BCUT2D eigenvalue weighted by Gasteiger charge is -2.13. The number of anilines is 4. The number of hydrogen-bond donors (Lipinski definition) is 2. The predicted molar refractivity (Wildman–Crippen MR) is 117 cm³/mol. The number of imidazole rings is 1. The molecule has 0 saturated heterocycles. The van der Waals surface area contributed by atoms with Crippen molar-refractivity contribution in [2.45, 2.75) is 13.1 Å². The number of ether oxygens (including phenoxy) is 1. The van der Waals surface area contributed by atoms with Crippen molar-refractivity contribution in [3.8, 4) is 11.4 Å². The largest absolute Gasteiger partial charge is 0.494 e. The van der Waals surface area contributed by atoms with Gasteiger partial charge in [0.1, 0.15) is 17.4 Å². The average molecular weight is 439 g/mol. The summed E-state index contributed by atoms with van der Waals surface area (Å²) in [4.78, 5) is 8.71. The van der Waals surface area contributed by atoms with Gasteiger partial charge in [-0.3, -0.25) is 0 Å². The van der Waals surface area contributed by atoms with Gasteiger partial charge in [-0.05, 0) is 55.5 Å². The number of nitrogens with zero attached hydrogens (tertiary/aromatic N) is 3. The fourth-order valence-corrected chi connectivity index (χ4v) is 3.13. The van der Waals surface area contributed by atoms with E-state index in [9.17, 15) is 13.2 Å². The van der Waals surface area contributed by atoms with Crippen LogP contribution < -0.4 is 15.4 Å². The summed E-state index contributed by atoms with van der Waals surface area (Å²) in [5, 5.41) is 6.22. The molecule has 0 fully saturated rings. The van der Waals surface area contributed by atoms with Crippen LogP contribution in [0.5, 0.6) is 5.75 Å². The Labute approximate surface area is 182 Å². The Hall–Kier alpha value is -4.01. The van der Waals surface area contributed by atoms with Crippen LogP contribution in [0.2, 0.25) is 0 Å². The number of benzene rings is 2. The molecule has 9 heteroatoms. The minimum absolute atomic E-state index is 0.493. The molecule has 0 atom stereocenters. The van der Waals surface area contributed by atoms with Gasteiger partial charge in [-0.15, -0.1) is 0 Å². The van der Waals surface area contributed by atoms with Gasteiger partial charge in [0.25, 0.3) is 0 Å². The minimum Gasteiger partial charge on any atom is -0.494 e. The van der Waals surface area contributed by atoms with Crippen molar-refractivity contribution < 1.29 is 17.9 Å². The lowest BCUT2D eigenvalue weighted by molar-refractivity contribution is -0.137. The van der Waals surface area contributed by atoms with Gasteiger partial charge in [-0.1, -0.05) is 6.07 Å². The van der Waals surface area contributed by atoms with Crippen molar-refractivity contribution in [1.29, 1.82) is 0 Å². The zero-order chi connectivity index (χ0) is 22.7. The monoisotopic (exact) mass is 439 g/mol. The zero-order valence-corrected chi connectivity index (χ0v) is 17.3. The normalized spacial score (nSPS) is 11.3. The number of aryl methyl sites for hydroxylation is 1. The molecule has 164 valence electrons. The number of alkyl halides is 3. The van der Waals surface area contributed by atoms with Crippen LogP contribution >= 0.6 is 0 Å². The molecule has 0 spiro atoms. The highest BCUT2D eigenvalue weighted by atomic mass is 19.4. The van der Waals surface area contributed by atoms with E-state index in [4.69, 9.17) is 4.74 Å². The van der Waals surface area contributed by atoms with E-state index in [1.165, 1.54) is 12.1 Å². The lowest BCUT2D eigenvalue weighted by Crippen LogP contribution is -2.04. The van der Waals surface area contributed by atoms with E-state index in [-0.39, 0.29) is 0 Å². The van der Waals surface area contributed by atoms with Crippen LogP contribution in [-0.4, -0.2) is 21.6 Å². The number of methoxy groups -OCH3 is 1. The van der Waals surface area contributed by atoms with Crippen LogP contribution in [0, 0.1) is 6.92 Å². The van der Waals surface area contributed by atoms with Crippen molar-refractivity contribution in [1.82, 2.24) is 14.5 Å². The number of pyridine rings is 1. The van der Waals surface area contributed by atoms with Crippen LogP contribution in [0.3, 0.4) is 0 Å². The molecular weight excluding hydrogens is 419 g/mol. The standard InChI is InChI=1S/C23H20F3N5O/c1-15-13-31(14-27-15)19-11-10-18(12-20(19)32-2)29-22-5-3-4-21(30-22)28-17-8-6-16(7-9-17)23(24,25)26/h3-14H,1-2H3,(H2,28,29,30). The van der Waals surface area contributed by atoms with Crippen LogP contribution in [-0.2, 0) is 6.18 Å². The van der Waals surface area contributed by atoms with Crippen molar-refractivity contribution in [2.24, 2.45) is 0 Å². The van der Waals surface area contributed by atoms with Gasteiger partial charge in [0.2, 0.25) is 0 Å². The molecule has 2 heterocycles. The molecule has 0 unspecified atom stereocenters. The van der Waals surface area contributed by atoms with Gasteiger partial charge in [-0.2, -0.15) is 13.2 Å². The zero-order valence-electron chi connectivity index (χ0n) is 17.3. The Morgan fingerprint density at radius 2 is 1.56 bits per heavy atom. The quantitative estimate of drug-likeness (QED) is 0.381. The highest BCUT2D eigenvalue weighted by molar-refractivity contribution is 5.65. The van der Waals surface area contributed by atoms with Gasteiger partial charge in [-0.25, -0.2) is 9.97 Å². The molecule has 0 amide bonds. The summed E-state index contributed by atoms with van der Waals surface area (Å²) in [5.41, 5.74) is 2.32. The van der Waals surface area contributed by atoms with E-state index in [1.54, 1.807) is 31.6 Å². The summed E-state index contributed by atoms with van der Waals surface area (Å²) >= 11 is 0. The van der Waals surface area contributed by atoms with E-state index in [0.29, 0.717) is 23.1 Å². The molecule has 4 rings (SSSR count). The van der Waals surface area contributed by atoms with Gasteiger partial charge in [0, 0.05) is 23.6 Å². The van der Waals surface area contributed by atoms with Crippen LogP contribution in [0.15, 0.2) is 73.2 Å². The first-order valence-electron chi connectivity index (χ1n) is 9.69. The Balaban J connectivity index is 1.50. The smallest absolute Gasteiger partial charge is 0.416 e. The van der Waals surface area contributed by atoms with Crippen LogP contribution in [0.1, 0.15) is 11.3 Å². The Bertz CT molecular complexity index is 1220. The molecule has 0 radical (unpaired) electrons. The Morgan fingerprint density at radius 1 is 0.906 bits per heavy atom. The van der Waals surface area contributed by atoms with Crippen molar-refractivity contribution in [3.05, 3.63) is 84.4 Å². The van der Waals surface area contributed by atoms with E-state index < -0.39 is 11.7 Å². The second-order valence-corrected chi connectivity index (χ2v) is 7.04. The summed E-state index contributed by atoms with van der Waals surface area (Å²) < 4.78 is 45.6. The maximum Gasteiger partial charge on any atom is 0.416 e. The lowest BCUT2D eigenvalue weighted by atomic mass is 10.2. The summed E-state index contributed by atoms with van der Waals surface area (Å²) in [7, 11) is 1.60. The molecule has 2 N–H and O–H groups in total. The Kier molecular flexibility index (Phi) is 5.72. The first-order valence-corrected chi connectivity index (χ1v) is 9.69. The van der Waals surface area contributed by atoms with Gasteiger partial charge < -0.3 is 19.9 Å². The van der Waals surface area contributed by atoms with Gasteiger partial charge >= 0.3 is 6.18 Å². The third-order valence-corrected chi connectivity index (χ3v) is 4.68. The van der Waals surface area contributed by atoms with Crippen LogP contribution in [0.25, 0.3) is 5.69 Å². The molecule has 0 saturated carbocycles. The van der Waals surface area contributed by atoms with E-state index in [1.807, 2.05) is 35.9 Å². The molecule has 4 aromatic rings. The maximum atomic E-state index is 12.7. The number of rotatable bonds is 6. The summed E-state index contributed by atoms with van der Waals surface area (Å²) in [6, 6.07) is 15.8. The third-order valence-electron chi connectivity index (χ3n) is 4.68. The summed E-state index contributed by atoms with van der Waals surface area (Å²) in [6.07, 6.45) is -0.741. The van der Waals surface area contributed by atoms with E-state index >= 15 is 0 Å². The Morgan fingerprint density at radius 3 is 2.16 bits per heavy atom. The molecule has 0 bridgehead atoms. The molecular formula is C23H20F3N5O. The van der Waals surface area contributed by atoms with Crippen LogP contribution in [0.4, 0.5) is 36.2 Å². The molecule has 0 aliphatic heterocycles. The molecule has 32 heavy (non-hydrogen) atoms. The first-order chi connectivity index (χ1) is 15.3. The predicted octanol–water partition coefficient (Wildman–Crippen LogP) is 6.09. The number of nitrogens with one attached hydrogen (secondary N) is 2. The third kappa shape index (κ3) is 4.83. The van der Waals surface area contributed by atoms with Crippen molar-refractivity contribution >= 4 is 23.0 Å².